The largest absolute Gasteiger partial charge is 0.250 e. The zero-order valence-electron chi connectivity index (χ0n) is 10.8. The Morgan fingerprint density at radius 3 is 3.00 bits per heavy atom. The third kappa shape index (κ3) is 2.24. The van der Waals surface area contributed by atoms with Crippen molar-refractivity contribution in [2.75, 3.05) is 0 Å². The Hall–Kier alpha value is -2.39. The van der Waals surface area contributed by atoms with Crippen molar-refractivity contribution in [3.05, 3.63) is 47.9 Å². The number of aromatic nitrogens is 4. The van der Waals surface area contributed by atoms with Gasteiger partial charge in [-0.15, -0.1) is 11.8 Å². The number of rotatable bonds is 3. The second-order valence-electron chi connectivity index (χ2n) is 4.24. The maximum Gasteiger partial charge on any atom is 0.162 e. The van der Waals surface area contributed by atoms with E-state index in [0.717, 1.165) is 21.6 Å². The summed E-state index contributed by atoms with van der Waals surface area (Å²) in [5.41, 5.74) is 2.53. The summed E-state index contributed by atoms with van der Waals surface area (Å²) in [4.78, 5) is 8.52. The highest BCUT2D eigenvalue weighted by Gasteiger charge is 2.09. The highest BCUT2D eigenvalue weighted by Crippen LogP contribution is 2.27. The molecule has 0 bridgehead atoms. The van der Waals surface area contributed by atoms with Crippen LogP contribution in [-0.4, -0.2) is 19.7 Å². The SMILES string of the molecule is Cn1ncc2c(SCc3ccccc3C#N)ncnc21. The molecular weight excluding hydrogens is 270 g/mol. The monoisotopic (exact) mass is 281 g/mol. The molecule has 3 rings (SSSR count). The highest BCUT2D eigenvalue weighted by atomic mass is 32.2. The van der Waals surface area contributed by atoms with Crippen molar-refractivity contribution in [2.45, 2.75) is 10.8 Å². The van der Waals surface area contributed by atoms with E-state index in [0.29, 0.717) is 11.3 Å². The third-order valence-corrected chi connectivity index (χ3v) is 4.05. The molecule has 0 aliphatic carbocycles. The molecule has 0 unspecified atom stereocenters. The van der Waals surface area contributed by atoms with Crippen LogP contribution in [0.4, 0.5) is 0 Å². The molecule has 0 radical (unpaired) electrons. The number of nitriles is 1. The van der Waals surface area contributed by atoms with Crippen LogP contribution in [0.1, 0.15) is 11.1 Å². The standard InChI is InChI=1S/C14H11N5S/c1-19-13-12(7-18-19)14(17-9-16-13)20-8-11-5-3-2-4-10(11)6-15/h2-5,7,9H,8H2,1H3. The number of aryl methyl sites for hydroxylation is 1. The van der Waals surface area contributed by atoms with Crippen LogP contribution >= 0.6 is 11.8 Å². The van der Waals surface area contributed by atoms with Crippen molar-refractivity contribution >= 4 is 22.8 Å². The van der Waals surface area contributed by atoms with Crippen LogP contribution in [-0.2, 0) is 12.8 Å². The van der Waals surface area contributed by atoms with Crippen LogP contribution < -0.4 is 0 Å². The average Bonchev–Trinajstić information content (AvgIpc) is 2.88. The topological polar surface area (TPSA) is 67.4 Å². The molecule has 0 spiro atoms. The molecule has 0 amide bonds. The van der Waals surface area contributed by atoms with E-state index in [1.807, 2.05) is 31.3 Å². The lowest BCUT2D eigenvalue weighted by atomic mass is 10.1. The summed E-state index contributed by atoms with van der Waals surface area (Å²) in [6.45, 7) is 0. The lowest BCUT2D eigenvalue weighted by Gasteiger charge is -2.04. The quantitative estimate of drug-likeness (QED) is 0.545. The molecule has 20 heavy (non-hydrogen) atoms. The summed E-state index contributed by atoms with van der Waals surface area (Å²) < 4.78 is 1.73. The molecule has 1 aromatic carbocycles. The molecule has 3 aromatic rings. The molecule has 2 heterocycles. The van der Waals surface area contributed by atoms with E-state index in [9.17, 15) is 0 Å². The van der Waals surface area contributed by atoms with Gasteiger partial charge in [0.25, 0.3) is 0 Å². The van der Waals surface area contributed by atoms with Crippen molar-refractivity contribution in [1.29, 1.82) is 5.26 Å². The fraction of sp³-hybridized carbons (Fsp3) is 0.143. The molecule has 5 nitrogen and oxygen atoms in total. The van der Waals surface area contributed by atoms with Crippen LogP contribution in [0, 0.1) is 11.3 Å². The van der Waals surface area contributed by atoms with Gasteiger partial charge < -0.3 is 0 Å². The lowest BCUT2D eigenvalue weighted by Crippen LogP contribution is -1.93. The van der Waals surface area contributed by atoms with Crippen molar-refractivity contribution in [1.82, 2.24) is 19.7 Å². The normalized spacial score (nSPS) is 10.6. The predicted molar refractivity (Wildman–Crippen MR) is 77.0 cm³/mol. The highest BCUT2D eigenvalue weighted by molar-refractivity contribution is 7.98. The van der Waals surface area contributed by atoms with Gasteiger partial charge in [-0.05, 0) is 11.6 Å². The van der Waals surface area contributed by atoms with Gasteiger partial charge in [-0.25, -0.2) is 9.97 Å². The number of nitrogens with zero attached hydrogens (tertiary/aromatic N) is 5. The first-order chi connectivity index (χ1) is 9.79. The van der Waals surface area contributed by atoms with E-state index in [4.69, 9.17) is 5.26 Å². The summed E-state index contributed by atoms with van der Waals surface area (Å²) >= 11 is 1.59. The molecule has 0 saturated carbocycles. The van der Waals surface area contributed by atoms with Crippen molar-refractivity contribution in [2.24, 2.45) is 7.05 Å². The van der Waals surface area contributed by atoms with Crippen molar-refractivity contribution in [3.63, 3.8) is 0 Å². The fourth-order valence-corrected chi connectivity index (χ4v) is 2.92. The smallest absolute Gasteiger partial charge is 0.162 e. The summed E-state index contributed by atoms with van der Waals surface area (Å²) in [7, 11) is 1.86. The fourth-order valence-electron chi connectivity index (χ4n) is 1.96. The molecule has 0 fully saturated rings. The number of hydrogen-bond donors (Lipinski definition) is 0. The van der Waals surface area contributed by atoms with Gasteiger partial charge >= 0.3 is 0 Å². The first-order valence-electron chi connectivity index (χ1n) is 6.03. The van der Waals surface area contributed by atoms with Crippen LogP contribution in [0.3, 0.4) is 0 Å². The Labute approximate surface area is 120 Å². The maximum absolute atomic E-state index is 9.09. The molecule has 0 atom stereocenters. The molecule has 0 aliphatic heterocycles. The van der Waals surface area contributed by atoms with Crippen LogP contribution in [0.2, 0.25) is 0 Å². The second kappa shape index (κ2) is 5.31. The van der Waals surface area contributed by atoms with E-state index < -0.39 is 0 Å². The predicted octanol–water partition coefficient (Wildman–Crippen LogP) is 2.53. The Kier molecular flexibility index (Phi) is 3.35. The summed E-state index contributed by atoms with van der Waals surface area (Å²) in [6.07, 6.45) is 3.32. The van der Waals surface area contributed by atoms with Crippen LogP contribution in [0.15, 0.2) is 41.8 Å². The van der Waals surface area contributed by atoms with Gasteiger partial charge in [-0.3, -0.25) is 4.68 Å². The van der Waals surface area contributed by atoms with Crippen LogP contribution in [0.25, 0.3) is 11.0 Å². The lowest BCUT2D eigenvalue weighted by molar-refractivity contribution is 0.784. The van der Waals surface area contributed by atoms with E-state index in [-0.39, 0.29) is 0 Å². The number of fused-ring (bicyclic) bond motifs is 1. The van der Waals surface area contributed by atoms with Gasteiger partial charge in [0.2, 0.25) is 0 Å². The summed E-state index contributed by atoms with van der Waals surface area (Å²) in [5.74, 6) is 0.699. The third-order valence-electron chi connectivity index (χ3n) is 3.00. The van der Waals surface area contributed by atoms with Crippen molar-refractivity contribution in [3.8, 4) is 6.07 Å². The molecule has 6 heteroatoms. The van der Waals surface area contributed by atoms with Gasteiger partial charge in [0.05, 0.1) is 23.2 Å². The van der Waals surface area contributed by atoms with Crippen molar-refractivity contribution < 1.29 is 0 Å². The Morgan fingerprint density at radius 2 is 2.15 bits per heavy atom. The molecule has 0 aliphatic rings. The minimum atomic E-state index is 0.699. The Bertz CT molecular complexity index is 803. The van der Waals surface area contributed by atoms with E-state index in [1.165, 1.54) is 0 Å². The summed E-state index contributed by atoms with van der Waals surface area (Å²) in [6, 6.07) is 9.82. The van der Waals surface area contributed by atoms with Gasteiger partial charge in [0, 0.05) is 12.8 Å². The first-order valence-corrected chi connectivity index (χ1v) is 7.01. The maximum atomic E-state index is 9.09. The van der Waals surface area contributed by atoms with Gasteiger partial charge in [-0.1, -0.05) is 18.2 Å². The van der Waals surface area contributed by atoms with E-state index in [2.05, 4.69) is 21.1 Å². The minimum absolute atomic E-state index is 0.699. The van der Waals surface area contributed by atoms with E-state index >= 15 is 0 Å². The molecule has 98 valence electrons. The van der Waals surface area contributed by atoms with Gasteiger partial charge in [-0.2, -0.15) is 10.4 Å². The van der Waals surface area contributed by atoms with E-state index in [1.54, 1.807) is 29.0 Å². The number of benzene rings is 1. The first kappa shape index (κ1) is 12.6. The zero-order valence-corrected chi connectivity index (χ0v) is 11.6. The Morgan fingerprint density at radius 1 is 1.30 bits per heavy atom. The molecule has 2 aromatic heterocycles. The van der Waals surface area contributed by atoms with Crippen LogP contribution in [0.5, 0.6) is 0 Å². The summed E-state index contributed by atoms with van der Waals surface area (Å²) in [5, 5.41) is 15.1. The van der Waals surface area contributed by atoms with Gasteiger partial charge in [0.1, 0.15) is 11.4 Å². The molecule has 0 N–H and O–H groups in total. The molecular formula is C14H11N5S. The minimum Gasteiger partial charge on any atom is -0.250 e. The number of hydrogen-bond acceptors (Lipinski definition) is 5. The molecule has 0 saturated heterocycles. The average molecular weight is 281 g/mol. The van der Waals surface area contributed by atoms with Gasteiger partial charge in [0.15, 0.2) is 5.65 Å². The zero-order chi connectivity index (χ0) is 13.9. The number of thioether (sulfide) groups is 1. The Balaban J connectivity index is 1.89. The second-order valence-corrected chi connectivity index (χ2v) is 5.21.